The molecule has 0 aliphatic carbocycles. The van der Waals surface area contributed by atoms with Crippen molar-refractivity contribution in [3.8, 4) is 0 Å². The number of halogens is 3. The van der Waals surface area contributed by atoms with Crippen LogP contribution in [0.15, 0.2) is 48.5 Å². The Morgan fingerprint density at radius 3 is 2.16 bits per heavy atom. The zero-order valence-corrected chi connectivity index (χ0v) is 20.6. The molecule has 37 heavy (non-hydrogen) atoms. The topological polar surface area (TPSA) is 167 Å². The van der Waals surface area contributed by atoms with Gasteiger partial charge in [0.15, 0.2) is 0 Å². The van der Waals surface area contributed by atoms with Crippen LogP contribution in [0.5, 0.6) is 0 Å². The molecule has 10 nitrogen and oxygen atoms in total. The minimum Gasteiger partial charge on any atom is -0.475 e. The lowest BCUT2D eigenvalue weighted by atomic mass is 10.0. The molecule has 0 unspecified atom stereocenters. The van der Waals surface area contributed by atoms with Gasteiger partial charge in [0.2, 0.25) is 5.91 Å². The number of carbonyl (C=O) groups is 2. The van der Waals surface area contributed by atoms with Crippen LogP contribution in [0.2, 0.25) is 0 Å². The van der Waals surface area contributed by atoms with E-state index in [0.717, 1.165) is 39.5 Å². The Morgan fingerprint density at radius 1 is 1.05 bits per heavy atom. The van der Waals surface area contributed by atoms with Gasteiger partial charge in [0.1, 0.15) is 0 Å². The van der Waals surface area contributed by atoms with E-state index < -0.39 is 22.4 Å². The zero-order chi connectivity index (χ0) is 27.8. The highest BCUT2D eigenvalue weighted by Gasteiger charge is 2.38. The lowest BCUT2D eigenvalue weighted by molar-refractivity contribution is -0.192. The Morgan fingerprint density at radius 2 is 1.65 bits per heavy atom. The van der Waals surface area contributed by atoms with Gasteiger partial charge >= 0.3 is 22.4 Å². The number of carbonyl (C=O) groups excluding carboxylic acids is 1. The number of hydrogen-bond acceptors (Lipinski definition) is 6. The summed E-state index contributed by atoms with van der Waals surface area (Å²) in [5, 5.41) is 7.12. The molecule has 0 saturated carbocycles. The summed E-state index contributed by atoms with van der Waals surface area (Å²) in [6.45, 7) is 2.55. The number of carboxylic acid groups (broad SMARTS) is 1. The Balaban J connectivity index is 0.000000210. The number of rotatable bonds is 4. The molecule has 1 fully saturated rings. The van der Waals surface area contributed by atoms with E-state index in [2.05, 4.69) is 0 Å². The van der Waals surface area contributed by atoms with E-state index in [4.69, 9.17) is 25.9 Å². The molecule has 6 N–H and O–H groups in total. The number of benzene rings is 2. The number of carboxylic acids is 1. The maximum Gasteiger partial charge on any atom is 0.490 e. The van der Waals surface area contributed by atoms with Crippen LogP contribution in [0.4, 0.5) is 13.2 Å². The minimum atomic E-state index is -5.08. The maximum absolute atomic E-state index is 11.6. The predicted octanol–water partition coefficient (Wildman–Crippen LogP) is 1.69. The van der Waals surface area contributed by atoms with Crippen LogP contribution in [0.25, 0.3) is 0 Å². The highest BCUT2D eigenvalue weighted by Crippen LogP contribution is 2.20. The highest BCUT2D eigenvalue weighted by atomic mass is 32.2. The number of nitrogens with two attached hydrogens (primary N) is 2. The third-order valence-electron chi connectivity index (χ3n) is 5.60. The van der Waals surface area contributed by atoms with E-state index >= 15 is 0 Å². The van der Waals surface area contributed by atoms with Gasteiger partial charge in [-0.25, -0.2) is 4.79 Å². The third kappa shape index (κ3) is 9.40. The molecule has 1 atom stereocenters. The monoisotopic (exact) mass is 546 g/mol. The van der Waals surface area contributed by atoms with Gasteiger partial charge in [0.05, 0.1) is 6.04 Å². The van der Waals surface area contributed by atoms with E-state index in [0.29, 0.717) is 26.1 Å². The van der Waals surface area contributed by atoms with E-state index in [-0.39, 0.29) is 18.5 Å². The molecule has 204 valence electrons. The molecular weight excluding hydrogens is 517 g/mol. The molecule has 1 saturated heterocycles. The Kier molecular flexibility index (Phi) is 10.6. The van der Waals surface area contributed by atoms with E-state index in [1.807, 2.05) is 48.5 Å². The number of hydrogen-bond donors (Lipinski definition) is 4. The van der Waals surface area contributed by atoms with Gasteiger partial charge in [0.25, 0.3) is 0 Å². The lowest BCUT2D eigenvalue weighted by Gasteiger charge is -2.25. The molecule has 2 aromatic carbocycles. The number of likely N-dealkylation sites (tertiary alicyclic amines) is 1. The van der Waals surface area contributed by atoms with Crippen LogP contribution < -0.4 is 11.5 Å². The van der Waals surface area contributed by atoms with E-state index in [1.165, 1.54) is 0 Å². The minimum absolute atomic E-state index is 0.0538. The first-order valence-electron chi connectivity index (χ1n) is 11.1. The van der Waals surface area contributed by atoms with Crippen LogP contribution in [-0.2, 0) is 45.9 Å². The molecule has 1 amide bonds. The molecule has 2 aromatic rings. The average Bonchev–Trinajstić information content (AvgIpc) is 3.15. The van der Waals surface area contributed by atoms with Crippen LogP contribution in [0.1, 0.15) is 28.7 Å². The fourth-order valence-electron chi connectivity index (χ4n) is 3.66. The summed E-state index contributed by atoms with van der Waals surface area (Å²) in [6.07, 6.45) is -3.66. The third-order valence-corrected chi connectivity index (χ3v) is 6.57. The second kappa shape index (κ2) is 13.0. The quantitative estimate of drug-likeness (QED) is 0.420. The fourth-order valence-corrected chi connectivity index (χ4v) is 4.29. The first-order valence-corrected chi connectivity index (χ1v) is 12.5. The molecule has 2 aliphatic rings. The molecule has 4 rings (SSSR count). The van der Waals surface area contributed by atoms with Crippen LogP contribution in [0, 0.1) is 0 Å². The molecule has 0 aromatic heterocycles. The summed E-state index contributed by atoms with van der Waals surface area (Å²) in [5.41, 5.74) is 15.6. The summed E-state index contributed by atoms with van der Waals surface area (Å²) >= 11 is 0. The Hall–Kier alpha value is -3.04. The van der Waals surface area contributed by atoms with Gasteiger partial charge in [-0.3, -0.25) is 9.35 Å². The van der Waals surface area contributed by atoms with Crippen molar-refractivity contribution in [2.45, 2.75) is 44.7 Å². The van der Waals surface area contributed by atoms with Gasteiger partial charge in [-0.1, -0.05) is 48.5 Å². The summed E-state index contributed by atoms with van der Waals surface area (Å²) in [5.74, 6) is -2.70. The van der Waals surface area contributed by atoms with Crippen molar-refractivity contribution in [2.75, 3.05) is 13.1 Å². The smallest absolute Gasteiger partial charge is 0.475 e. The maximum atomic E-state index is 11.6. The first-order chi connectivity index (χ1) is 17.2. The van der Waals surface area contributed by atoms with Crippen LogP contribution in [-0.4, -0.2) is 64.5 Å². The number of alkyl halides is 3. The van der Waals surface area contributed by atoms with Crippen molar-refractivity contribution < 1.29 is 40.8 Å². The highest BCUT2D eigenvalue weighted by molar-refractivity contribution is 7.83. The number of nitrogens with zero attached hydrogens (tertiary/aromatic N) is 2. The number of aliphatic carboxylic acids is 1. The SMILES string of the molecule is NCc1cccc(CN2CC[C@H](N)C2=O)c1.O=C(O)C(F)(F)F.O=S(=O)(O)N1CCc2ccccc2C1. The molecular formula is C23H29F3N4O6S. The predicted molar refractivity (Wildman–Crippen MR) is 128 cm³/mol. The van der Waals surface area contributed by atoms with Crippen molar-refractivity contribution >= 4 is 22.2 Å². The van der Waals surface area contributed by atoms with Gasteiger partial charge in [-0.05, 0) is 35.1 Å². The fraction of sp³-hybridized carbons (Fsp3) is 0.391. The Labute approximate surface area is 212 Å². The molecule has 0 radical (unpaired) electrons. The normalized spacial score (nSPS) is 17.7. The van der Waals surface area contributed by atoms with Gasteiger partial charge < -0.3 is 21.5 Å². The van der Waals surface area contributed by atoms with Crippen LogP contribution in [0.3, 0.4) is 0 Å². The zero-order valence-electron chi connectivity index (χ0n) is 19.8. The second-order valence-corrected chi connectivity index (χ2v) is 9.72. The van der Waals surface area contributed by atoms with Gasteiger partial charge in [-0.2, -0.15) is 25.9 Å². The van der Waals surface area contributed by atoms with Gasteiger partial charge in [0, 0.05) is 32.7 Å². The van der Waals surface area contributed by atoms with Gasteiger partial charge in [-0.15, -0.1) is 0 Å². The largest absolute Gasteiger partial charge is 0.490 e. The first kappa shape index (κ1) is 30.2. The average molecular weight is 547 g/mol. The molecule has 0 spiro atoms. The van der Waals surface area contributed by atoms with Crippen molar-refractivity contribution in [3.05, 3.63) is 70.8 Å². The van der Waals surface area contributed by atoms with Crippen LogP contribution >= 0.6 is 0 Å². The van der Waals surface area contributed by atoms with E-state index in [1.54, 1.807) is 4.90 Å². The second-order valence-electron chi connectivity index (χ2n) is 8.31. The molecule has 0 bridgehead atoms. The van der Waals surface area contributed by atoms with E-state index in [9.17, 15) is 26.4 Å². The van der Waals surface area contributed by atoms with Crippen molar-refractivity contribution in [1.82, 2.24) is 9.21 Å². The molecule has 14 heteroatoms. The lowest BCUT2D eigenvalue weighted by Crippen LogP contribution is -2.35. The summed E-state index contributed by atoms with van der Waals surface area (Å²) in [4.78, 5) is 22.3. The summed E-state index contributed by atoms with van der Waals surface area (Å²) < 4.78 is 63.4. The van der Waals surface area contributed by atoms with Crippen molar-refractivity contribution in [1.29, 1.82) is 0 Å². The summed E-state index contributed by atoms with van der Waals surface area (Å²) in [6, 6.07) is 15.4. The Bertz CT molecular complexity index is 1190. The van der Waals surface area contributed by atoms with Crippen molar-refractivity contribution in [2.24, 2.45) is 11.5 Å². The summed E-state index contributed by atoms with van der Waals surface area (Å²) in [7, 11) is -4.04. The van der Waals surface area contributed by atoms with Crippen molar-refractivity contribution in [3.63, 3.8) is 0 Å². The standard InChI is InChI=1S/C12H17N3O.C9H11NO3S.C2HF3O2/c13-7-9-2-1-3-10(6-9)8-15-5-4-11(14)12(15)16;11-14(12,13)10-6-5-8-3-1-2-4-9(8)7-10;3-2(4,5)1(6)7/h1-3,6,11H,4-5,7-8,13-14H2;1-4H,5-7H2,(H,11,12,13);(H,6,7)/t11-;;/m0../s1. The number of fused-ring (bicyclic) bond motifs is 1. The molecule has 2 aliphatic heterocycles. The number of amides is 1. The molecule has 2 heterocycles.